The number of nitrogens with zero attached hydrogens (tertiary/aromatic N) is 1. The minimum absolute atomic E-state index is 0.728. The van der Waals surface area contributed by atoms with Crippen molar-refractivity contribution in [3.8, 4) is 22.3 Å². The molecule has 118 valence electrons. The summed E-state index contributed by atoms with van der Waals surface area (Å²) in [6.45, 7) is 0. The molecule has 0 saturated heterocycles. The van der Waals surface area contributed by atoms with E-state index in [0.29, 0.717) is 0 Å². The molecule has 0 aliphatic carbocycles. The van der Waals surface area contributed by atoms with Gasteiger partial charge in [-0.2, -0.15) is 0 Å². The van der Waals surface area contributed by atoms with Crippen LogP contribution in [-0.4, -0.2) is 16.2 Å². The van der Waals surface area contributed by atoms with Crippen LogP contribution >= 0.6 is 23.4 Å². The van der Waals surface area contributed by atoms with Gasteiger partial charge < -0.3 is 4.98 Å². The third-order valence-corrected chi connectivity index (χ3v) is 4.94. The second-order valence-corrected chi connectivity index (χ2v) is 6.74. The number of aromatic nitrogens is 2. The number of nitrogens with one attached hydrogen (secondary N) is 1. The van der Waals surface area contributed by atoms with E-state index in [2.05, 4.69) is 58.5 Å². The van der Waals surface area contributed by atoms with Crippen LogP contribution in [0.5, 0.6) is 0 Å². The Balaban J connectivity index is 1.75. The standard InChI is InChI=1S/C20H15ClN2S/c1-24-20-22-18-11-16(17(21)12-19(18)23-20)15-9-7-14(8-10-15)13-5-3-2-4-6-13/h2-12H,1H3,(H,22,23). The molecule has 1 N–H and O–H groups in total. The highest BCUT2D eigenvalue weighted by Gasteiger charge is 2.09. The molecule has 0 amide bonds. The van der Waals surface area contributed by atoms with Crippen molar-refractivity contribution in [2.75, 3.05) is 6.26 Å². The summed E-state index contributed by atoms with van der Waals surface area (Å²) < 4.78 is 0. The largest absolute Gasteiger partial charge is 0.333 e. The SMILES string of the molecule is CSc1nc2cc(-c3ccc(-c4ccccc4)cc3)c(Cl)cc2[nH]1. The molecule has 0 fully saturated rings. The first kappa shape index (κ1) is 15.3. The summed E-state index contributed by atoms with van der Waals surface area (Å²) in [6, 6.07) is 22.8. The highest BCUT2D eigenvalue weighted by atomic mass is 35.5. The second kappa shape index (κ2) is 6.34. The van der Waals surface area contributed by atoms with Gasteiger partial charge in [-0.25, -0.2) is 4.98 Å². The Kier molecular flexibility index (Phi) is 4.05. The molecule has 0 spiro atoms. The van der Waals surface area contributed by atoms with E-state index in [1.54, 1.807) is 11.8 Å². The zero-order valence-corrected chi connectivity index (χ0v) is 14.7. The Morgan fingerprint density at radius 3 is 2.25 bits per heavy atom. The monoisotopic (exact) mass is 350 g/mol. The Morgan fingerprint density at radius 2 is 1.54 bits per heavy atom. The van der Waals surface area contributed by atoms with Gasteiger partial charge in [0.25, 0.3) is 0 Å². The van der Waals surface area contributed by atoms with E-state index >= 15 is 0 Å². The molecule has 3 aromatic carbocycles. The van der Waals surface area contributed by atoms with Crippen LogP contribution in [0, 0.1) is 0 Å². The molecule has 0 aliphatic rings. The number of aromatic amines is 1. The van der Waals surface area contributed by atoms with Gasteiger partial charge in [0, 0.05) is 5.56 Å². The van der Waals surface area contributed by atoms with E-state index in [-0.39, 0.29) is 0 Å². The topological polar surface area (TPSA) is 28.7 Å². The van der Waals surface area contributed by atoms with Crippen LogP contribution in [0.4, 0.5) is 0 Å². The fourth-order valence-electron chi connectivity index (χ4n) is 2.80. The van der Waals surface area contributed by atoms with Crippen LogP contribution in [-0.2, 0) is 0 Å². The fourth-order valence-corrected chi connectivity index (χ4v) is 3.47. The molecule has 24 heavy (non-hydrogen) atoms. The molecule has 2 nitrogen and oxygen atoms in total. The lowest BCUT2D eigenvalue weighted by atomic mass is 10.00. The normalized spacial score (nSPS) is 11.1. The van der Waals surface area contributed by atoms with Crippen molar-refractivity contribution < 1.29 is 0 Å². The quantitative estimate of drug-likeness (QED) is 0.441. The minimum atomic E-state index is 0.728. The lowest BCUT2D eigenvalue weighted by Gasteiger charge is -2.07. The molecule has 1 aromatic heterocycles. The van der Waals surface area contributed by atoms with E-state index < -0.39 is 0 Å². The zero-order chi connectivity index (χ0) is 16.5. The third-order valence-electron chi connectivity index (χ3n) is 4.05. The van der Waals surface area contributed by atoms with E-state index in [9.17, 15) is 0 Å². The fraction of sp³-hybridized carbons (Fsp3) is 0.0500. The summed E-state index contributed by atoms with van der Waals surface area (Å²) in [5.74, 6) is 0. The molecule has 0 radical (unpaired) electrons. The van der Waals surface area contributed by atoms with Gasteiger partial charge in [-0.15, -0.1) is 0 Å². The van der Waals surface area contributed by atoms with Crippen molar-refractivity contribution in [3.63, 3.8) is 0 Å². The first-order chi connectivity index (χ1) is 11.7. The Bertz CT molecular complexity index is 992. The van der Waals surface area contributed by atoms with Crippen LogP contribution in [0.25, 0.3) is 33.3 Å². The number of thioether (sulfide) groups is 1. The summed E-state index contributed by atoms with van der Waals surface area (Å²) in [5.41, 5.74) is 6.40. The smallest absolute Gasteiger partial charge is 0.166 e. The van der Waals surface area contributed by atoms with Crippen molar-refractivity contribution in [3.05, 3.63) is 71.8 Å². The van der Waals surface area contributed by atoms with Crippen molar-refractivity contribution in [2.45, 2.75) is 5.16 Å². The lowest BCUT2D eigenvalue weighted by Crippen LogP contribution is -1.82. The van der Waals surface area contributed by atoms with E-state index in [1.807, 2.05) is 24.5 Å². The highest BCUT2D eigenvalue weighted by molar-refractivity contribution is 7.98. The first-order valence-electron chi connectivity index (χ1n) is 7.64. The van der Waals surface area contributed by atoms with Gasteiger partial charge in [-0.1, -0.05) is 78.0 Å². The molecular weight excluding hydrogens is 336 g/mol. The van der Waals surface area contributed by atoms with Crippen LogP contribution < -0.4 is 0 Å². The number of hydrogen-bond donors (Lipinski definition) is 1. The lowest BCUT2D eigenvalue weighted by molar-refractivity contribution is 1.09. The molecule has 4 rings (SSSR count). The predicted octanol–water partition coefficient (Wildman–Crippen LogP) is 6.27. The van der Waals surface area contributed by atoms with Crippen LogP contribution in [0.2, 0.25) is 5.02 Å². The summed E-state index contributed by atoms with van der Waals surface area (Å²) in [5, 5.41) is 1.63. The number of halogens is 1. The molecule has 0 unspecified atom stereocenters. The average Bonchev–Trinajstić information content (AvgIpc) is 3.04. The highest BCUT2D eigenvalue weighted by Crippen LogP contribution is 2.33. The molecule has 1 heterocycles. The molecule has 4 aromatic rings. The van der Waals surface area contributed by atoms with Gasteiger partial charge in [0.2, 0.25) is 0 Å². The van der Waals surface area contributed by atoms with Crippen molar-refractivity contribution in [1.29, 1.82) is 0 Å². The van der Waals surface area contributed by atoms with E-state index in [1.165, 1.54) is 11.1 Å². The van der Waals surface area contributed by atoms with Gasteiger partial charge in [-0.3, -0.25) is 0 Å². The maximum absolute atomic E-state index is 6.49. The van der Waals surface area contributed by atoms with Gasteiger partial charge in [-0.05, 0) is 35.1 Å². The van der Waals surface area contributed by atoms with Crippen molar-refractivity contribution in [1.82, 2.24) is 9.97 Å². The third kappa shape index (κ3) is 2.81. The molecule has 4 heteroatoms. The summed E-state index contributed by atoms with van der Waals surface area (Å²) in [7, 11) is 0. The zero-order valence-electron chi connectivity index (χ0n) is 13.1. The van der Waals surface area contributed by atoms with Crippen LogP contribution in [0.15, 0.2) is 71.9 Å². The maximum atomic E-state index is 6.49. The number of fused-ring (bicyclic) bond motifs is 1. The minimum Gasteiger partial charge on any atom is -0.333 e. The number of hydrogen-bond acceptors (Lipinski definition) is 2. The molecular formula is C20H15ClN2S. The number of rotatable bonds is 3. The second-order valence-electron chi connectivity index (χ2n) is 5.54. The molecule has 0 aliphatic heterocycles. The number of H-pyrrole nitrogens is 1. The van der Waals surface area contributed by atoms with Gasteiger partial charge in [0.05, 0.1) is 16.1 Å². The number of imidazole rings is 1. The predicted molar refractivity (Wildman–Crippen MR) is 104 cm³/mol. The van der Waals surface area contributed by atoms with Crippen LogP contribution in [0.1, 0.15) is 0 Å². The van der Waals surface area contributed by atoms with Crippen LogP contribution in [0.3, 0.4) is 0 Å². The molecule has 0 saturated carbocycles. The number of benzene rings is 3. The van der Waals surface area contributed by atoms with E-state index in [4.69, 9.17) is 11.6 Å². The maximum Gasteiger partial charge on any atom is 0.166 e. The summed E-state index contributed by atoms with van der Waals surface area (Å²) >= 11 is 8.08. The van der Waals surface area contributed by atoms with Gasteiger partial charge in [0.1, 0.15) is 0 Å². The molecule has 0 atom stereocenters. The molecule has 0 bridgehead atoms. The van der Waals surface area contributed by atoms with Gasteiger partial charge >= 0.3 is 0 Å². The average molecular weight is 351 g/mol. The summed E-state index contributed by atoms with van der Waals surface area (Å²) in [4.78, 5) is 7.84. The van der Waals surface area contributed by atoms with Crippen molar-refractivity contribution in [2.24, 2.45) is 0 Å². The Labute approximate surface area is 149 Å². The Hall–Kier alpha value is -2.23. The van der Waals surface area contributed by atoms with E-state index in [0.717, 1.165) is 32.3 Å². The summed E-state index contributed by atoms with van der Waals surface area (Å²) in [6.07, 6.45) is 2.00. The van der Waals surface area contributed by atoms with Gasteiger partial charge in [0.15, 0.2) is 5.16 Å². The Morgan fingerprint density at radius 1 is 0.875 bits per heavy atom. The first-order valence-corrected chi connectivity index (χ1v) is 9.24. The van der Waals surface area contributed by atoms with Crippen molar-refractivity contribution >= 4 is 34.4 Å².